The molecule has 0 aromatic heterocycles. The first-order valence-corrected chi connectivity index (χ1v) is 2.96. The molecular formula is C6H4Cl2Na. The normalized spacial score (nSPS) is 8.22. The van der Waals surface area contributed by atoms with Gasteiger partial charge in [-0.25, -0.2) is 0 Å². The molecule has 0 spiro atoms. The number of rotatable bonds is 0. The summed E-state index contributed by atoms with van der Waals surface area (Å²) in [4.78, 5) is 0. The van der Waals surface area contributed by atoms with E-state index in [0.29, 0.717) is 10.0 Å². The molecule has 0 aliphatic rings. The molecule has 1 aromatic carbocycles. The maximum atomic E-state index is 5.56. The van der Waals surface area contributed by atoms with Gasteiger partial charge in [0.25, 0.3) is 0 Å². The summed E-state index contributed by atoms with van der Waals surface area (Å²) in [5.74, 6) is 0. The van der Waals surface area contributed by atoms with Gasteiger partial charge in [-0.05, 0) is 18.2 Å². The average Bonchev–Trinajstić information content (AvgIpc) is 1.64. The van der Waals surface area contributed by atoms with Crippen molar-refractivity contribution >= 4 is 52.8 Å². The summed E-state index contributed by atoms with van der Waals surface area (Å²) in [6.45, 7) is 0. The van der Waals surface area contributed by atoms with E-state index < -0.39 is 0 Å². The molecule has 0 unspecified atom stereocenters. The smallest absolute Gasteiger partial charge is 0.0420 e. The topological polar surface area (TPSA) is 0 Å². The predicted octanol–water partition coefficient (Wildman–Crippen LogP) is 2.61. The zero-order valence-corrected chi connectivity index (χ0v) is 8.58. The van der Waals surface area contributed by atoms with Gasteiger partial charge in [0.15, 0.2) is 0 Å². The average molecular weight is 170 g/mol. The van der Waals surface area contributed by atoms with Gasteiger partial charge in [0.2, 0.25) is 0 Å². The molecule has 3 heteroatoms. The summed E-state index contributed by atoms with van der Waals surface area (Å²) >= 11 is 11.1. The van der Waals surface area contributed by atoms with Gasteiger partial charge in [-0.1, -0.05) is 29.3 Å². The third kappa shape index (κ3) is 3.49. The summed E-state index contributed by atoms with van der Waals surface area (Å²) in [6, 6.07) is 7.08. The van der Waals surface area contributed by atoms with Crippen LogP contribution in [0.15, 0.2) is 24.3 Å². The van der Waals surface area contributed by atoms with E-state index in [1.54, 1.807) is 18.2 Å². The largest absolute Gasteiger partial charge is 0.0843 e. The Morgan fingerprint density at radius 3 is 1.67 bits per heavy atom. The van der Waals surface area contributed by atoms with Crippen LogP contribution in [0.25, 0.3) is 0 Å². The predicted molar refractivity (Wildman–Crippen MR) is 42.2 cm³/mol. The first-order valence-electron chi connectivity index (χ1n) is 2.20. The third-order valence-corrected chi connectivity index (χ3v) is 1.26. The second-order valence-corrected chi connectivity index (χ2v) is 2.31. The summed E-state index contributed by atoms with van der Waals surface area (Å²) in [7, 11) is 0. The quantitative estimate of drug-likeness (QED) is 0.525. The van der Waals surface area contributed by atoms with Crippen LogP contribution >= 0.6 is 23.2 Å². The molecule has 1 aromatic rings. The Hall–Kier alpha value is 0.800. The molecule has 1 rings (SSSR count). The standard InChI is InChI=1S/C6H4Cl2.Na/c7-5-2-1-3-6(8)4-5;/h1-4H;. The van der Waals surface area contributed by atoms with E-state index in [9.17, 15) is 0 Å². The Bertz CT molecular complexity index is 171. The van der Waals surface area contributed by atoms with Gasteiger partial charge in [-0.3, -0.25) is 0 Å². The van der Waals surface area contributed by atoms with Crippen LogP contribution in [0.1, 0.15) is 0 Å². The Labute approximate surface area is 86.5 Å². The third-order valence-electron chi connectivity index (χ3n) is 0.787. The van der Waals surface area contributed by atoms with Crippen molar-refractivity contribution in [3.8, 4) is 0 Å². The van der Waals surface area contributed by atoms with Crippen molar-refractivity contribution in [1.29, 1.82) is 0 Å². The Morgan fingerprint density at radius 1 is 1.00 bits per heavy atom. The fourth-order valence-corrected chi connectivity index (χ4v) is 0.896. The molecule has 0 bridgehead atoms. The molecule has 0 N–H and O–H groups in total. The maximum Gasteiger partial charge on any atom is 0.0420 e. The second kappa shape index (κ2) is 4.59. The molecule has 0 aliphatic heterocycles. The van der Waals surface area contributed by atoms with Gasteiger partial charge in [0, 0.05) is 39.6 Å². The van der Waals surface area contributed by atoms with E-state index in [2.05, 4.69) is 0 Å². The van der Waals surface area contributed by atoms with Crippen molar-refractivity contribution in [3.63, 3.8) is 0 Å². The second-order valence-electron chi connectivity index (χ2n) is 1.44. The molecule has 9 heavy (non-hydrogen) atoms. The van der Waals surface area contributed by atoms with E-state index in [4.69, 9.17) is 23.2 Å². The molecule has 43 valence electrons. The summed E-state index contributed by atoms with van der Waals surface area (Å²) in [6.07, 6.45) is 0. The van der Waals surface area contributed by atoms with E-state index in [-0.39, 0.29) is 29.6 Å². The Balaban J connectivity index is 0.000000640. The fourth-order valence-electron chi connectivity index (χ4n) is 0.460. The van der Waals surface area contributed by atoms with Gasteiger partial charge in [-0.15, -0.1) is 0 Å². The number of halogens is 2. The Kier molecular flexibility index (Phi) is 5.00. The van der Waals surface area contributed by atoms with Crippen LogP contribution in [-0.4, -0.2) is 29.6 Å². The minimum Gasteiger partial charge on any atom is -0.0843 e. The minimum absolute atomic E-state index is 0. The van der Waals surface area contributed by atoms with Crippen LogP contribution in [0.3, 0.4) is 0 Å². The molecule has 0 heterocycles. The Morgan fingerprint density at radius 2 is 1.44 bits per heavy atom. The van der Waals surface area contributed by atoms with Crippen molar-refractivity contribution in [2.45, 2.75) is 0 Å². The molecule has 0 aliphatic carbocycles. The molecule has 0 amide bonds. The molecule has 0 fully saturated rings. The van der Waals surface area contributed by atoms with Crippen LogP contribution < -0.4 is 0 Å². The van der Waals surface area contributed by atoms with E-state index in [1.807, 2.05) is 6.07 Å². The van der Waals surface area contributed by atoms with Gasteiger partial charge < -0.3 is 0 Å². The van der Waals surface area contributed by atoms with Crippen LogP contribution in [0.5, 0.6) is 0 Å². The van der Waals surface area contributed by atoms with Gasteiger partial charge in [-0.2, -0.15) is 0 Å². The molecule has 0 saturated carbocycles. The van der Waals surface area contributed by atoms with E-state index >= 15 is 0 Å². The fraction of sp³-hybridized carbons (Fsp3) is 0. The van der Waals surface area contributed by atoms with Crippen LogP contribution in [-0.2, 0) is 0 Å². The van der Waals surface area contributed by atoms with Crippen LogP contribution in [0.4, 0.5) is 0 Å². The maximum absolute atomic E-state index is 5.56. The van der Waals surface area contributed by atoms with E-state index in [0.717, 1.165) is 0 Å². The molecule has 0 saturated heterocycles. The van der Waals surface area contributed by atoms with Crippen LogP contribution in [0, 0.1) is 0 Å². The molecule has 0 nitrogen and oxygen atoms in total. The van der Waals surface area contributed by atoms with Crippen molar-refractivity contribution in [1.82, 2.24) is 0 Å². The summed E-state index contributed by atoms with van der Waals surface area (Å²) in [5, 5.41) is 1.36. The van der Waals surface area contributed by atoms with Crippen LogP contribution in [0.2, 0.25) is 10.0 Å². The first kappa shape index (κ1) is 9.80. The number of hydrogen-bond donors (Lipinski definition) is 0. The molecule has 1 radical (unpaired) electrons. The zero-order valence-electron chi connectivity index (χ0n) is 5.07. The van der Waals surface area contributed by atoms with Gasteiger partial charge in [0.1, 0.15) is 0 Å². The first-order chi connectivity index (χ1) is 3.79. The minimum atomic E-state index is 0. The summed E-state index contributed by atoms with van der Waals surface area (Å²) in [5.41, 5.74) is 0. The van der Waals surface area contributed by atoms with Crippen molar-refractivity contribution in [2.75, 3.05) is 0 Å². The molecular weight excluding hydrogens is 166 g/mol. The molecule has 0 atom stereocenters. The van der Waals surface area contributed by atoms with Gasteiger partial charge >= 0.3 is 0 Å². The zero-order chi connectivity index (χ0) is 5.98. The summed E-state index contributed by atoms with van der Waals surface area (Å²) < 4.78 is 0. The van der Waals surface area contributed by atoms with Crippen molar-refractivity contribution in [3.05, 3.63) is 34.3 Å². The van der Waals surface area contributed by atoms with Gasteiger partial charge in [0.05, 0.1) is 0 Å². The monoisotopic (exact) mass is 169 g/mol. The van der Waals surface area contributed by atoms with Crippen molar-refractivity contribution in [2.24, 2.45) is 0 Å². The van der Waals surface area contributed by atoms with Crippen molar-refractivity contribution < 1.29 is 0 Å². The van der Waals surface area contributed by atoms with E-state index in [1.165, 1.54) is 0 Å². The SMILES string of the molecule is Clc1cccc(Cl)c1.[Na]. The number of hydrogen-bond acceptors (Lipinski definition) is 0. The number of benzene rings is 1.